The second kappa shape index (κ2) is 4.79. The van der Waals surface area contributed by atoms with Gasteiger partial charge in [0.25, 0.3) is 0 Å². The number of hydrogen-bond acceptors (Lipinski definition) is 3. The van der Waals surface area contributed by atoms with E-state index in [0.717, 1.165) is 24.8 Å². The smallest absolute Gasteiger partial charge is 0.244 e. The molecule has 1 aliphatic carbocycles. The Hall–Kier alpha value is -1.66. The van der Waals surface area contributed by atoms with Gasteiger partial charge in [-0.05, 0) is 30.4 Å². The van der Waals surface area contributed by atoms with Crippen LogP contribution in [0.5, 0.6) is 0 Å². The van der Waals surface area contributed by atoms with E-state index in [1.54, 1.807) is 0 Å². The third-order valence-corrected chi connectivity index (χ3v) is 4.89. The molecule has 5 nitrogen and oxygen atoms in total. The van der Waals surface area contributed by atoms with Crippen molar-refractivity contribution in [3.8, 4) is 0 Å². The van der Waals surface area contributed by atoms with Crippen LogP contribution in [0.25, 0.3) is 0 Å². The highest BCUT2D eigenvalue weighted by Gasteiger charge is 2.25. The first kappa shape index (κ1) is 12.4. The Morgan fingerprint density at radius 1 is 1.32 bits per heavy atom. The zero-order valence-electron chi connectivity index (χ0n) is 10.3. The number of nitrogens with one attached hydrogen (secondary N) is 2. The number of aromatic amines is 1. The highest BCUT2D eigenvalue weighted by molar-refractivity contribution is 7.89. The molecule has 0 saturated heterocycles. The summed E-state index contributed by atoms with van der Waals surface area (Å²) >= 11 is 0. The Morgan fingerprint density at radius 3 is 2.95 bits per heavy atom. The first-order valence-electron chi connectivity index (χ1n) is 6.26. The fourth-order valence-corrected chi connectivity index (χ4v) is 3.67. The van der Waals surface area contributed by atoms with Crippen LogP contribution in [0.3, 0.4) is 0 Å². The second-order valence-electron chi connectivity index (χ2n) is 4.70. The van der Waals surface area contributed by atoms with Crippen LogP contribution in [-0.2, 0) is 16.4 Å². The predicted molar refractivity (Wildman–Crippen MR) is 71.0 cm³/mol. The third kappa shape index (κ3) is 2.41. The van der Waals surface area contributed by atoms with Crippen molar-refractivity contribution < 1.29 is 8.42 Å². The number of benzene rings is 1. The molecule has 1 aromatic heterocycles. The number of hydrogen-bond donors (Lipinski definition) is 2. The summed E-state index contributed by atoms with van der Waals surface area (Å²) in [6.07, 6.45) is 5.54. The molecule has 2 aromatic rings. The van der Waals surface area contributed by atoms with Crippen molar-refractivity contribution in [2.24, 2.45) is 0 Å². The van der Waals surface area contributed by atoms with Crippen molar-refractivity contribution in [2.75, 3.05) is 0 Å². The van der Waals surface area contributed by atoms with Crippen molar-refractivity contribution in [3.05, 3.63) is 47.8 Å². The summed E-state index contributed by atoms with van der Waals surface area (Å²) in [7, 11) is -3.50. The molecule has 100 valence electrons. The van der Waals surface area contributed by atoms with Gasteiger partial charge < -0.3 is 0 Å². The van der Waals surface area contributed by atoms with Crippen molar-refractivity contribution in [3.63, 3.8) is 0 Å². The molecule has 0 bridgehead atoms. The van der Waals surface area contributed by atoms with Gasteiger partial charge in [0, 0.05) is 12.2 Å². The van der Waals surface area contributed by atoms with E-state index in [-0.39, 0.29) is 10.9 Å². The minimum absolute atomic E-state index is 0.148. The van der Waals surface area contributed by atoms with Crippen molar-refractivity contribution in [2.45, 2.75) is 30.2 Å². The quantitative estimate of drug-likeness (QED) is 0.897. The Morgan fingerprint density at radius 2 is 2.16 bits per heavy atom. The van der Waals surface area contributed by atoms with Crippen LogP contribution < -0.4 is 4.72 Å². The van der Waals surface area contributed by atoms with Gasteiger partial charge in [-0.15, -0.1) is 0 Å². The summed E-state index contributed by atoms with van der Waals surface area (Å²) in [5, 5.41) is 6.20. The second-order valence-corrected chi connectivity index (χ2v) is 6.41. The molecular weight excluding hydrogens is 262 g/mol. The van der Waals surface area contributed by atoms with E-state index in [1.807, 2.05) is 18.2 Å². The first-order valence-corrected chi connectivity index (χ1v) is 7.74. The Balaban J connectivity index is 1.90. The van der Waals surface area contributed by atoms with Crippen LogP contribution in [0.4, 0.5) is 0 Å². The maximum absolute atomic E-state index is 12.2. The van der Waals surface area contributed by atoms with Crippen LogP contribution in [0.1, 0.15) is 30.0 Å². The zero-order valence-corrected chi connectivity index (χ0v) is 11.2. The SMILES string of the molecule is O=S(=O)(NC1CCCc2ccccc21)c1cn[nH]c1. The highest BCUT2D eigenvalue weighted by Crippen LogP contribution is 2.30. The van der Waals surface area contributed by atoms with E-state index >= 15 is 0 Å². The van der Waals surface area contributed by atoms with Crippen LogP contribution in [0, 0.1) is 0 Å². The summed E-state index contributed by atoms with van der Waals surface area (Å²) < 4.78 is 27.2. The molecule has 1 heterocycles. The van der Waals surface area contributed by atoms with E-state index in [0.29, 0.717) is 0 Å². The number of H-pyrrole nitrogens is 1. The maximum Gasteiger partial charge on any atom is 0.244 e. The van der Waals surface area contributed by atoms with E-state index in [1.165, 1.54) is 18.0 Å². The lowest BCUT2D eigenvalue weighted by Gasteiger charge is -2.25. The molecule has 0 saturated carbocycles. The average molecular weight is 277 g/mol. The largest absolute Gasteiger partial charge is 0.284 e. The third-order valence-electron chi connectivity index (χ3n) is 3.45. The summed E-state index contributed by atoms with van der Waals surface area (Å²) in [4.78, 5) is 0.176. The predicted octanol–water partition coefficient (Wildman–Crippen LogP) is 1.77. The monoisotopic (exact) mass is 277 g/mol. The average Bonchev–Trinajstić information content (AvgIpc) is 2.93. The molecule has 19 heavy (non-hydrogen) atoms. The lowest BCUT2D eigenvalue weighted by Crippen LogP contribution is -2.30. The molecule has 0 fully saturated rings. The van der Waals surface area contributed by atoms with Crippen molar-refractivity contribution in [1.82, 2.24) is 14.9 Å². The number of rotatable bonds is 3. The first-order chi connectivity index (χ1) is 9.17. The van der Waals surface area contributed by atoms with E-state index in [9.17, 15) is 8.42 Å². The Kier molecular flexibility index (Phi) is 3.12. The van der Waals surface area contributed by atoms with E-state index in [4.69, 9.17) is 0 Å². The Bertz CT molecular complexity index is 665. The molecule has 0 spiro atoms. The van der Waals surface area contributed by atoms with Gasteiger partial charge in [-0.3, -0.25) is 5.10 Å². The van der Waals surface area contributed by atoms with Gasteiger partial charge in [0.1, 0.15) is 4.90 Å². The topological polar surface area (TPSA) is 74.8 Å². The number of aromatic nitrogens is 2. The molecule has 6 heteroatoms. The number of fused-ring (bicyclic) bond motifs is 1. The Labute approximate surface area is 112 Å². The molecule has 2 N–H and O–H groups in total. The van der Waals surface area contributed by atoms with Gasteiger partial charge in [-0.25, -0.2) is 13.1 Å². The van der Waals surface area contributed by atoms with Gasteiger partial charge >= 0.3 is 0 Å². The molecule has 0 radical (unpaired) electrons. The minimum Gasteiger partial charge on any atom is -0.284 e. The maximum atomic E-state index is 12.2. The fraction of sp³-hybridized carbons (Fsp3) is 0.308. The zero-order chi connectivity index (χ0) is 13.3. The van der Waals surface area contributed by atoms with E-state index < -0.39 is 10.0 Å². The van der Waals surface area contributed by atoms with Gasteiger partial charge in [-0.2, -0.15) is 5.10 Å². The summed E-state index contributed by atoms with van der Waals surface area (Å²) in [5.74, 6) is 0. The summed E-state index contributed by atoms with van der Waals surface area (Å²) in [6, 6.07) is 7.85. The summed E-state index contributed by atoms with van der Waals surface area (Å²) in [5.41, 5.74) is 2.31. The molecule has 0 aliphatic heterocycles. The normalized spacial score (nSPS) is 19.1. The lowest BCUT2D eigenvalue weighted by molar-refractivity contribution is 0.507. The minimum atomic E-state index is -3.50. The van der Waals surface area contributed by atoms with Gasteiger partial charge in [0.15, 0.2) is 0 Å². The molecular formula is C13H15N3O2S. The van der Waals surface area contributed by atoms with Crippen molar-refractivity contribution >= 4 is 10.0 Å². The van der Waals surface area contributed by atoms with Crippen LogP contribution in [0.2, 0.25) is 0 Å². The number of sulfonamides is 1. The van der Waals surface area contributed by atoms with Crippen LogP contribution in [-0.4, -0.2) is 18.6 Å². The number of aryl methyl sites for hydroxylation is 1. The molecule has 1 aromatic carbocycles. The van der Waals surface area contributed by atoms with Crippen LogP contribution in [0.15, 0.2) is 41.6 Å². The molecule has 0 amide bonds. The number of nitrogens with zero attached hydrogens (tertiary/aromatic N) is 1. The lowest BCUT2D eigenvalue weighted by atomic mass is 9.88. The highest BCUT2D eigenvalue weighted by atomic mass is 32.2. The fourth-order valence-electron chi connectivity index (χ4n) is 2.52. The van der Waals surface area contributed by atoms with Gasteiger partial charge in [0.2, 0.25) is 10.0 Å². The molecule has 1 aliphatic rings. The van der Waals surface area contributed by atoms with E-state index in [2.05, 4.69) is 21.0 Å². The van der Waals surface area contributed by atoms with Crippen molar-refractivity contribution in [1.29, 1.82) is 0 Å². The summed E-state index contributed by atoms with van der Waals surface area (Å²) in [6.45, 7) is 0. The van der Waals surface area contributed by atoms with Gasteiger partial charge in [-0.1, -0.05) is 24.3 Å². The van der Waals surface area contributed by atoms with Gasteiger partial charge in [0.05, 0.1) is 6.20 Å². The molecule has 3 rings (SSSR count). The molecule has 1 atom stereocenters. The molecule has 1 unspecified atom stereocenters. The van der Waals surface area contributed by atoms with Crippen LogP contribution >= 0.6 is 0 Å². The standard InChI is InChI=1S/C13H15N3O2S/c17-19(18,11-8-14-15-9-11)16-13-7-3-5-10-4-1-2-6-12(10)13/h1-2,4,6,8-9,13,16H,3,5,7H2,(H,14,15).